The minimum absolute atomic E-state index is 0.0816. The summed E-state index contributed by atoms with van der Waals surface area (Å²) in [7, 11) is -3.94. The molecule has 1 amide bonds. The van der Waals surface area contributed by atoms with E-state index in [2.05, 4.69) is 10.5 Å². The fourth-order valence-electron chi connectivity index (χ4n) is 3.20. The number of nitrogens with one attached hydrogen (secondary N) is 1. The van der Waals surface area contributed by atoms with E-state index in [0.717, 1.165) is 4.31 Å². The van der Waals surface area contributed by atoms with Gasteiger partial charge in [-0.25, -0.2) is 13.8 Å². The molecule has 8 nitrogen and oxygen atoms in total. The lowest BCUT2D eigenvalue weighted by Gasteiger charge is -2.20. The van der Waals surface area contributed by atoms with Gasteiger partial charge < -0.3 is 9.15 Å². The van der Waals surface area contributed by atoms with Gasteiger partial charge in [0, 0.05) is 0 Å². The van der Waals surface area contributed by atoms with E-state index in [1.165, 1.54) is 24.6 Å². The Labute approximate surface area is 203 Å². The number of hydrogen-bond donors (Lipinski definition) is 1. The lowest BCUT2D eigenvalue weighted by molar-refractivity contribution is -0.121. The zero-order valence-electron chi connectivity index (χ0n) is 18.7. The monoisotopic (exact) mass is 489 g/mol. The Kier molecular flexibility index (Phi) is 7.71. The Hall–Kier alpha value is -4.21. The van der Waals surface area contributed by atoms with Gasteiger partial charge in [0.2, 0.25) is 10.0 Å². The highest BCUT2D eigenvalue weighted by Crippen LogP contribution is 2.21. The summed E-state index contributed by atoms with van der Waals surface area (Å²) in [4.78, 5) is 12.7. The van der Waals surface area contributed by atoms with Crippen LogP contribution in [-0.2, 0) is 21.4 Å². The number of nitrogens with zero attached hydrogens (tertiary/aromatic N) is 2. The molecule has 9 heteroatoms. The third-order valence-corrected chi connectivity index (χ3v) is 6.66. The van der Waals surface area contributed by atoms with E-state index >= 15 is 0 Å². The molecular weight excluding hydrogens is 466 g/mol. The van der Waals surface area contributed by atoms with Gasteiger partial charge in [-0.3, -0.25) is 4.79 Å². The molecule has 0 saturated carbocycles. The van der Waals surface area contributed by atoms with Gasteiger partial charge in [0.1, 0.15) is 17.3 Å². The maximum atomic E-state index is 13.1. The Morgan fingerprint density at radius 3 is 2.34 bits per heavy atom. The van der Waals surface area contributed by atoms with Gasteiger partial charge in [0.05, 0.1) is 30.5 Å². The van der Waals surface area contributed by atoms with E-state index in [9.17, 15) is 13.2 Å². The van der Waals surface area contributed by atoms with Crippen molar-refractivity contribution >= 4 is 22.1 Å². The van der Waals surface area contributed by atoms with E-state index in [0.29, 0.717) is 22.8 Å². The zero-order valence-corrected chi connectivity index (χ0v) is 19.5. The molecule has 0 fully saturated rings. The van der Waals surface area contributed by atoms with Crippen molar-refractivity contribution in [3.8, 4) is 11.5 Å². The van der Waals surface area contributed by atoms with Crippen LogP contribution in [0.25, 0.3) is 0 Å². The average molecular weight is 490 g/mol. The summed E-state index contributed by atoms with van der Waals surface area (Å²) in [6.07, 6.45) is 2.90. The quantitative estimate of drug-likeness (QED) is 0.263. The van der Waals surface area contributed by atoms with Gasteiger partial charge in [0.15, 0.2) is 0 Å². The Morgan fingerprint density at radius 2 is 1.63 bits per heavy atom. The zero-order chi connectivity index (χ0) is 24.5. The second-order valence-electron chi connectivity index (χ2n) is 7.45. The molecule has 3 aromatic carbocycles. The van der Waals surface area contributed by atoms with Crippen LogP contribution in [0, 0.1) is 0 Å². The molecule has 0 aliphatic rings. The summed E-state index contributed by atoms with van der Waals surface area (Å²) in [5.74, 6) is 1.14. The molecule has 0 unspecified atom stereocenters. The van der Waals surface area contributed by atoms with Gasteiger partial charge in [-0.05, 0) is 54.1 Å². The number of hydrazone groups is 1. The number of rotatable bonds is 10. The average Bonchev–Trinajstić information content (AvgIpc) is 3.38. The van der Waals surface area contributed by atoms with Gasteiger partial charge in [0.25, 0.3) is 5.91 Å². The maximum absolute atomic E-state index is 13.1. The van der Waals surface area contributed by atoms with Crippen LogP contribution in [0.15, 0.2) is 118 Å². The lowest BCUT2D eigenvalue weighted by atomic mass is 10.2. The summed E-state index contributed by atoms with van der Waals surface area (Å²) in [6.45, 7) is -0.535. The van der Waals surface area contributed by atoms with E-state index in [-0.39, 0.29) is 11.4 Å². The van der Waals surface area contributed by atoms with Crippen molar-refractivity contribution in [2.45, 2.75) is 11.4 Å². The number of ether oxygens (including phenoxy) is 1. The lowest BCUT2D eigenvalue weighted by Crippen LogP contribution is -2.38. The van der Waals surface area contributed by atoms with Crippen molar-refractivity contribution in [1.29, 1.82) is 0 Å². The van der Waals surface area contributed by atoms with Crippen molar-refractivity contribution in [3.63, 3.8) is 0 Å². The third-order valence-electron chi connectivity index (χ3n) is 4.85. The summed E-state index contributed by atoms with van der Waals surface area (Å²) in [5.41, 5.74) is 3.08. The highest BCUT2D eigenvalue weighted by atomic mass is 32.2. The van der Waals surface area contributed by atoms with Gasteiger partial charge in [-0.15, -0.1) is 0 Å². The van der Waals surface area contributed by atoms with Crippen LogP contribution < -0.4 is 10.2 Å². The summed E-state index contributed by atoms with van der Waals surface area (Å²) in [5, 5.41) is 3.97. The molecule has 4 aromatic rings. The molecule has 0 saturated heterocycles. The molecule has 4 rings (SSSR count). The predicted molar refractivity (Wildman–Crippen MR) is 131 cm³/mol. The Balaban J connectivity index is 1.42. The number of sulfonamides is 1. The van der Waals surface area contributed by atoms with Crippen LogP contribution in [0.5, 0.6) is 11.5 Å². The maximum Gasteiger partial charge on any atom is 0.255 e. The molecule has 0 aliphatic carbocycles. The first-order valence-electron chi connectivity index (χ1n) is 10.7. The van der Waals surface area contributed by atoms with E-state index in [4.69, 9.17) is 9.15 Å². The molecule has 0 atom stereocenters. The van der Waals surface area contributed by atoms with E-state index in [1.54, 1.807) is 48.5 Å². The number of benzene rings is 3. The summed E-state index contributed by atoms with van der Waals surface area (Å²) < 4.78 is 38.4. The second-order valence-corrected chi connectivity index (χ2v) is 9.38. The Bertz CT molecular complexity index is 1370. The number of furan rings is 1. The predicted octanol–water partition coefficient (Wildman–Crippen LogP) is 4.41. The van der Waals surface area contributed by atoms with E-state index in [1.807, 2.05) is 36.4 Å². The fourth-order valence-corrected chi connectivity index (χ4v) is 4.58. The Morgan fingerprint density at radius 1 is 0.914 bits per heavy atom. The van der Waals surface area contributed by atoms with Crippen LogP contribution >= 0.6 is 0 Å². The number of carbonyl (C=O) groups is 1. The van der Waals surface area contributed by atoms with Crippen LogP contribution in [0.4, 0.5) is 0 Å². The first-order valence-corrected chi connectivity index (χ1v) is 12.2. The minimum Gasteiger partial charge on any atom is -0.468 e. The number of para-hydroxylation sites is 1. The first kappa shape index (κ1) is 23.9. The highest BCUT2D eigenvalue weighted by Gasteiger charge is 2.27. The van der Waals surface area contributed by atoms with Crippen molar-refractivity contribution in [3.05, 3.63) is 115 Å². The molecule has 178 valence electrons. The summed E-state index contributed by atoms with van der Waals surface area (Å²) >= 11 is 0. The van der Waals surface area contributed by atoms with Crippen molar-refractivity contribution in [1.82, 2.24) is 9.73 Å². The molecule has 0 aliphatic heterocycles. The van der Waals surface area contributed by atoms with Gasteiger partial charge >= 0.3 is 0 Å². The fraction of sp³-hybridized carbons (Fsp3) is 0.0769. The van der Waals surface area contributed by atoms with Gasteiger partial charge in [-0.1, -0.05) is 48.5 Å². The number of carbonyl (C=O) groups excluding carboxylic acids is 1. The number of hydrogen-bond acceptors (Lipinski definition) is 6. The molecule has 35 heavy (non-hydrogen) atoms. The molecule has 1 aromatic heterocycles. The van der Waals surface area contributed by atoms with Crippen molar-refractivity contribution in [2.75, 3.05) is 6.54 Å². The second kappa shape index (κ2) is 11.3. The van der Waals surface area contributed by atoms with E-state index < -0.39 is 22.5 Å². The smallest absolute Gasteiger partial charge is 0.255 e. The van der Waals surface area contributed by atoms with Crippen molar-refractivity contribution < 1.29 is 22.4 Å². The molecule has 0 spiro atoms. The van der Waals surface area contributed by atoms with Crippen LogP contribution in [0.2, 0.25) is 0 Å². The van der Waals surface area contributed by atoms with Crippen LogP contribution in [0.1, 0.15) is 11.3 Å². The largest absolute Gasteiger partial charge is 0.468 e. The van der Waals surface area contributed by atoms with Crippen molar-refractivity contribution in [2.24, 2.45) is 5.10 Å². The highest BCUT2D eigenvalue weighted by molar-refractivity contribution is 7.89. The summed E-state index contributed by atoms with van der Waals surface area (Å²) in [6, 6.07) is 27.8. The molecular formula is C26H23N3O5S. The topological polar surface area (TPSA) is 101 Å². The SMILES string of the molecule is O=C(CN(Cc1ccco1)S(=O)(=O)c1ccccc1)N/N=C\c1cccc(Oc2ccccc2)c1. The molecule has 1 N–H and O–H groups in total. The van der Waals surface area contributed by atoms with Crippen LogP contribution in [0.3, 0.4) is 0 Å². The number of amides is 1. The van der Waals surface area contributed by atoms with Crippen LogP contribution in [-0.4, -0.2) is 31.4 Å². The normalized spacial score (nSPS) is 11.6. The first-order chi connectivity index (χ1) is 17.0. The molecule has 1 heterocycles. The molecule has 0 bridgehead atoms. The standard InChI is InChI=1S/C26H23N3O5S/c30-26(28-27-18-21-9-7-12-23(17-21)34-22-10-3-1-4-11-22)20-29(19-24-13-8-16-33-24)35(31,32)25-14-5-2-6-15-25/h1-18H,19-20H2,(H,28,30)/b27-18-. The molecule has 0 radical (unpaired) electrons. The van der Waals surface area contributed by atoms with Gasteiger partial charge in [-0.2, -0.15) is 9.41 Å². The third kappa shape index (κ3) is 6.66. The minimum atomic E-state index is -3.94.